The second-order valence-electron chi connectivity index (χ2n) is 37.0. The van der Waals surface area contributed by atoms with Gasteiger partial charge in [-0.25, -0.2) is 13.2 Å². The number of thiophene rings is 3. The number of rotatable bonds is 18. The molecule has 29 rings (SSSR count). The van der Waals surface area contributed by atoms with E-state index in [1.807, 2.05) is 139 Å². The van der Waals surface area contributed by atoms with Crippen molar-refractivity contribution in [1.29, 1.82) is 0 Å². The van der Waals surface area contributed by atoms with E-state index in [1.165, 1.54) is 97.1 Å². The van der Waals surface area contributed by atoms with Gasteiger partial charge in [0, 0.05) is 137 Å². The predicted molar refractivity (Wildman–Crippen MR) is 625 cm³/mol. The average molecular weight is 2010 g/mol. The van der Waals surface area contributed by atoms with Gasteiger partial charge in [0.1, 0.15) is 45.7 Å². The van der Waals surface area contributed by atoms with Crippen molar-refractivity contribution in [2.24, 2.45) is 0 Å². The molecule has 0 atom stereocenters. The molecule has 150 heavy (non-hydrogen) atoms. The first-order chi connectivity index (χ1) is 76.2. The zero-order chi connectivity index (χ0) is 104. The Morgan fingerprint density at radius 1 is 0.260 bits per heavy atom. The highest BCUT2D eigenvalue weighted by Gasteiger charge is 2.42. The third-order valence-electron chi connectivity index (χ3n) is 28.4. The number of halogens is 3. The van der Waals surface area contributed by atoms with Crippen LogP contribution in [0.3, 0.4) is 0 Å². The molecule has 0 N–H and O–H groups in total. The Kier molecular flexibility index (Phi) is 21.6. The first-order valence-corrected chi connectivity index (χ1v) is 53.8. The molecule has 0 aliphatic carbocycles. The molecule has 7 heterocycles. The highest BCUT2D eigenvalue weighted by Crippen LogP contribution is 2.55. The zero-order valence-electron chi connectivity index (χ0n) is 85.0. The van der Waals surface area contributed by atoms with Crippen molar-refractivity contribution < 1.29 is 38.0 Å². The monoisotopic (exact) mass is 2010 g/mol. The smallest absolute Gasteiger partial charge is 0.179 e. The van der Waals surface area contributed by atoms with Gasteiger partial charge in [-0.3, -0.25) is 4.98 Å². The second kappa shape index (κ2) is 38.2. The summed E-state index contributed by atoms with van der Waals surface area (Å²) in [5.41, 5.74) is 16.6. The first kappa shape index (κ1) is 84.8. The van der Waals surface area contributed by atoms with Crippen molar-refractivity contribution in [3.63, 3.8) is 0 Å². The summed E-state index contributed by atoms with van der Waals surface area (Å²) in [5.74, 6) is -1.59. The number of anilines is 9. The highest BCUT2D eigenvalue weighted by atomic mass is 32.1. The lowest BCUT2D eigenvalue weighted by molar-refractivity contribution is 0.483. The fraction of sp³-hybridized carbons (Fsp3) is 0. The molecule has 0 amide bonds. The molecule has 0 fully saturated rings. The Balaban J connectivity index is 0.000000115. The summed E-state index contributed by atoms with van der Waals surface area (Å²) >= 11 is 5.12. The van der Waals surface area contributed by atoms with Gasteiger partial charge >= 0.3 is 0 Å². The van der Waals surface area contributed by atoms with Crippen LogP contribution < -0.4 is 40.2 Å². The minimum absolute atomic E-state index is 0.105. The van der Waals surface area contributed by atoms with Crippen molar-refractivity contribution in [2.75, 3.05) is 14.7 Å². The summed E-state index contributed by atoms with van der Waals surface area (Å²) in [6.45, 7) is 0. The van der Waals surface area contributed by atoms with Gasteiger partial charge in [-0.15, -0.1) is 34.0 Å². The number of aromatic nitrogens is 1. The van der Waals surface area contributed by atoms with Crippen LogP contribution in [0.15, 0.2) is 529 Å². The number of furan rings is 3. The topological polar surface area (TPSA) is 71.3 Å². The number of hydrogen-bond donors (Lipinski definition) is 0. The van der Waals surface area contributed by atoms with Crippen LogP contribution in [-0.2, 0) is 0 Å². The van der Waals surface area contributed by atoms with Crippen LogP contribution in [0, 0.1) is 17.5 Å². The molecule has 0 saturated heterocycles. The maximum Gasteiger partial charge on any atom is 0.179 e. The third kappa shape index (κ3) is 16.0. The number of pyridine rings is 1. The van der Waals surface area contributed by atoms with E-state index in [1.54, 1.807) is 28.4 Å². The largest absolute Gasteiger partial charge is 0.457 e. The van der Waals surface area contributed by atoms with E-state index in [0.717, 1.165) is 141 Å². The number of hydrogen-bond acceptors (Lipinski definition) is 11. The summed E-state index contributed by atoms with van der Waals surface area (Å²) in [4.78, 5) is 10.6. The van der Waals surface area contributed by atoms with Gasteiger partial charge < -0.3 is 32.7 Å². The van der Waals surface area contributed by atoms with Crippen LogP contribution in [-0.4, -0.2) is 13.1 Å². The summed E-state index contributed by atoms with van der Waals surface area (Å²) in [6.07, 6.45) is 3.66. The van der Waals surface area contributed by atoms with Gasteiger partial charge in [0.2, 0.25) is 0 Å². The molecule has 7 aromatic heterocycles. The van der Waals surface area contributed by atoms with E-state index in [0.29, 0.717) is 34.7 Å². The molecule has 712 valence electrons. The molecule has 0 unspecified atom stereocenters. The van der Waals surface area contributed by atoms with Crippen molar-refractivity contribution in [2.45, 2.75) is 0 Å². The first-order valence-electron chi connectivity index (χ1n) is 51.9. The summed E-state index contributed by atoms with van der Waals surface area (Å²) in [5, 5.41) is 20.4. The van der Waals surface area contributed by atoms with Crippen molar-refractivity contribution in [1.82, 2.24) is 4.98 Å². The van der Waals surface area contributed by atoms with E-state index >= 15 is 0 Å². The molecule has 0 radical (unpaired) electrons. The Morgan fingerprint density at radius 2 is 0.580 bits per heavy atom. The standard InChI is InChI=1S/C58H39NOSSi.C41H26N2O2S.C36H20F3NOS/c1-4-18-46(19-5-1)62(47-20-6-2-7-21-47,48-22-8-3-9-23-48)49-36-34-45(35-37-49)59(44-32-30-41(31-33-44)43-29-28-40-16-10-11-17-42(40)38-43)53-39-52-50-24-12-14-26-54(50)60-57(52)58-56(53)51-25-13-15-27-55(51)61-58;1-2-8-31(9-3-1)44-32-20-18-30(19-21-32)43(29-16-14-27(15-17-29)28-22-24-42-25-23-28)36-26-35-33-10-4-6-12-37(33)45-40(35)41-39(36)34-11-5-7-13-38(34)46-41;37-22-18-28(38)33(29(39)19-22)21-14-16-24(17-15-21)40(23-8-2-1-3-9-23)30-20-27-25-10-4-6-12-31(25)41-35(27)36-34(30)26-11-5-7-13-32(26)42-36/h1-39H;1-26H;1-20H/i;;1D,2D,3D,8D,9D. The van der Waals surface area contributed by atoms with Crippen LogP contribution in [0.2, 0.25) is 0 Å². The molecule has 0 spiro atoms. The van der Waals surface area contributed by atoms with E-state index in [9.17, 15) is 13.2 Å². The zero-order valence-corrected chi connectivity index (χ0v) is 83.4. The van der Waals surface area contributed by atoms with Crippen molar-refractivity contribution in [3.8, 4) is 44.9 Å². The van der Waals surface area contributed by atoms with Crippen LogP contribution >= 0.6 is 34.0 Å². The lowest BCUT2D eigenvalue weighted by Gasteiger charge is -2.35. The van der Waals surface area contributed by atoms with Crippen molar-refractivity contribution >= 4 is 251 Å². The number of benzene rings is 22. The van der Waals surface area contributed by atoms with Gasteiger partial charge in [-0.2, -0.15) is 0 Å². The molecular formula is C135H85F3N4O4S3Si. The Labute approximate surface area is 880 Å². The predicted octanol–water partition coefficient (Wildman–Crippen LogP) is 37.4. The Bertz CT molecular complexity index is 10400. The molecule has 22 aromatic carbocycles. The van der Waals surface area contributed by atoms with Crippen LogP contribution in [0.4, 0.5) is 64.4 Å². The summed E-state index contributed by atoms with van der Waals surface area (Å²) in [6, 6.07) is 159. The van der Waals surface area contributed by atoms with Gasteiger partial charge in [0.15, 0.2) is 24.8 Å². The molecule has 0 saturated carbocycles. The number of ether oxygens (including phenoxy) is 1. The molecular weight excluding hydrogens is 1920 g/mol. The molecule has 0 aliphatic rings. The minimum Gasteiger partial charge on any atom is -0.457 e. The number of nitrogens with zero attached hydrogens (tertiary/aromatic N) is 4. The van der Waals surface area contributed by atoms with Crippen molar-refractivity contribution in [3.05, 3.63) is 533 Å². The maximum absolute atomic E-state index is 14.7. The fourth-order valence-electron chi connectivity index (χ4n) is 21.6. The Hall–Kier alpha value is -18.5. The third-order valence-corrected chi connectivity index (χ3v) is 36.7. The van der Waals surface area contributed by atoms with Gasteiger partial charge in [-0.1, -0.05) is 321 Å². The number of para-hydroxylation sites is 5. The average Bonchev–Trinajstić information content (AvgIpc) is 1.53. The van der Waals surface area contributed by atoms with Gasteiger partial charge in [0.25, 0.3) is 0 Å². The molecule has 8 nitrogen and oxygen atoms in total. The van der Waals surface area contributed by atoms with E-state index in [-0.39, 0.29) is 11.3 Å². The maximum atomic E-state index is 14.7. The normalized spacial score (nSPS) is 12.2. The fourth-order valence-corrected chi connectivity index (χ4v) is 30.0. The SMILES string of the molecule is [2H]c1c([2H])c([2H])c(N(c2ccc(-c3c(F)cc(F)cc3F)cc2)c2cc3c4ccccc4oc3c3sc4ccccc4c23)c([2H])c1[2H].c1ccc(Oc2ccc(N(c3ccc(-c4ccncc4)cc3)c3cc4c5ccccc5oc4c4sc5ccccc5c34)cc2)cc1.c1ccc([Si](c2ccccc2)(c2ccccc2)c2ccc(N(c3ccc(-c4ccc5ccccc5c4)cc3)c3cc4c5ccccc5oc4c4sc5ccccc5c34)cc2)cc1. The van der Waals surface area contributed by atoms with Crippen LogP contribution in [0.25, 0.3) is 170 Å². The van der Waals surface area contributed by atoms with Gasteiger partial charge in [0.05, 0.1) is 43.6 Å². The Morgan fingerprint density at radius 3 is 1.01 bits per heavy atom. The van der Waals surface area contributed by atoms with E-state index < -0.39 is 61.3 Å². The lowest BCUT2D eigenvalue weighted by Crippen LogP contribution is -2.74. The highest BCUT2D eigenvalue weighted by molar-refractivity contribution is 7.28. The van der Waals surface area contributed by atoms with E-state index in [2.05, 4.69) is 336 Å². The molecule has 15 heteroatoms. The van der Waals surface area contributed by atoms with Crippen LogP contribution in [0.5, 0.6) is 11.5 Å². The second-order valence-corrected chi connectivity index (χ2v) is 44.0. The molecule has 29 aromatic rings. The van der Waals surface area contributed by atoms with Crippen LogP contribution in [0.1, 0.15) is 6.85 Å². The van der Waals surface area contributed by atoms with Gasteiger partial charge in [-0.05, 0) is 229 Å². The summed E-state index contributed by atoms with van der Waals surface area (Å²) in [7, 11) is -2.74. The quantitative estimate of drug-likeness (QED) is 0.0622. The minimum atomic E-state index is -2.74. The molecule has 0 bridgehead atoms. The number of fused-ring (bicyclic) bond motifs is 22. The molecule has 0 aliphatic heterocycles. The van der Waals surface area contributed by atoms with E-state index in [4.69, 9.17) is 24.8 Å². The summed E-state index contributed by atoms with van der Waals surface area (Å²) < 4.78 is 119. The lowest BCUT2D eigenvalue weighted by atomic mass is 10.0.